The van der Waals surface area contributed by atoms with E-state index in [2.05, 4.69) is 45.9 Å². The summed E-state index contributed by atoms with van der Waals surface area (Å²) in [6.07, 6.45) is 6.95. The first-order chi connectivity index (χ1) is 26.9. The van der Waals surface area contributed by atoms with E-state index in [0.717, 1.165) is 65.0 Å². The molecule has 8 rings (SSSR count). The van der Waals surface area contributed by atoms with Gasteiger partial charge in [0.15, 0.2) is 0 Å². The van der Waals surface area contributed by atoms with Gasteiger partial charge in [0.25, 0.3) is 0 Å². The SMILES string of the molecule is COC(=O)N[C@H](C(=O)N1C[C@]2(CCCO2)C[C@H]1c1ncc(-c2ccc(C#Cc3ccc4nc([C@@H]5CC6(CC6)CN5C(=O)[C@@H](C)C(C)C)[nH]c4c3)cc2)[nH]1)C(C)C. The van der Waals surface area contributed by atoms with Crippen molar-refractivity contribution in [3.63, 3.8) is 0 Å². The maximum absolute atomic E-state index is 14.0. The number of ether oxygens (including phenoxy) is 2. The van der Waals surface area contributed by atoms with Crippen LogP contribution in [-0.4, -0.2) is 86.1 Å². The number of H-pyrrole nitrogens is 2. The van der Waals surface area contributed by atoms with E-state index in [0.29, 0.717) is 31.3 Å². The quantitative estimate of drug-likeness (QED) is 0.166. The molecule has 1 aliphatic carbocycles. The molecule has 3 saturated heterocycles. The Morgan fingerprint density at radius 2 is 1.59 bits per heavy atom. The number of likely N-dealkylation sites (tertiary alicyclic amines) is 2. The van der Waals surface area contributed by atoms with E-state index in [1.54, 1.807) is 6.20 Å². The standard InChI is InChI=1S/C44H53N7O5/c1-26(2)28(5)40(52)50-24-43(17-18-43)21-35(50)39-46-32-15-12-30(20-33(32)47-39)9-8-29-10-13-31(14-11-29)34-23-45-38(48-34)36-22-44(16-7-19-56-44)25-51(36)41(53)37(27(3)4)49-42(54)55-6/h10-15,20,23,26-28,35-37H,7,16-19,21-22,24-25H2,1-6H3,(H,45,48)(H,46,47)(H,49,54)/t28-,35-,36-,37-,44-/m0/s1. The van der Waals surface area contributed by atoms with E-state index in [1.165, 1.54) is 20.0 Å². The Morgan fingerprint density at radius 3 is 2.27 bits per heavy atom. The van der Waals surface area contributed by atoms with Crippen LogP contribution in [0.4, 0.5) is 4.79 Å². The fourth-order valence-electron chi connectivity index (χ4n) is 8.76. The van der Waals surface area contributed by atoms with E-state index in [1.807, 2.05) is 68.1 Å². The number of imidazole rings is 2. The molecule has 0 bridgehead atoms. The molecule has 0 unspecified atom stereocenters. The number of fused-ring (bicyclic) bond motifs is 1. The lowest BCUT2D eigenvalue weighted by molar-refractivity contribution is -0.138. The zero-order valence-corrected chi connectivity index (χ0v) is 33.3. The molecule has 3 aliphatic heterocycles. The summed E-state index contributed by atoms with van der Waals surface area (Å²) < 4.78 is 11.1. The predicted octanol–water partition coefficient (Wildman–Crippen LogP) is 6.90. The third-order valence-electron chi connectivity index (χ3n) is 12.7. The lowest BCUT2D eigenvalue weighted by Crippen LogP contribution is -2.51. The molecule has 5 heterocycles. The van der Waals surface area contributed by atoms with Crippen LogP contribution < -0.4 is 5.32 Å². The molecule has 5 atom stereocenters. The van der Waals surface area contributed by atoms with Crippen molar-refractivity contribution in [3.8, 4) is 23.1 Å². The van der Waals surface area contributed by atoms with Gasteiger partial charge in [-0.2, -0.15) is 0 Å². The molecule has 0 radical (unpaired) electrons. The third kappa shape index (κ3) is 7.29. The number of carbonyl (C=O) groups excluding carboxylic acids is 3. The second-order valence-electron chi connectivity index (χ2n) is 17.3. The third-order valence-corrected chi connectivity index (χ3v) is 12.7. The van der Waals surface area contributed by atoms with E-state index in [9.17, 15) is 14.4 Å². The minimum absolute atomic E-state index is 0.0228. The number of aromatic amines is 2. The average Bonchev–Trinajstić information content (AvgIpc) is 3.79. The van der Waals surface area contributed by atoms with Crippen molar-refractivity contribution in [2.45, 2.75) is 96.9 Å². The highest BCUT2D eigenvalue weighted by Crippen LogP contribution is 2.58. The fraction of sp³-hybridized carbons (Fsp3) is 0.523. The van der Waals surface area contributed by atoms with Gasteiger partial charge in [-0.05, 0) is 85.3 Å². The van der Waals surface area contributed by atoms with Gasteiger partial charge >= 0.3 is 6.09 Å². The Kier molecular flexibility index (Phi) is 9.94. The van der Waals surface area contributed by atoms with Crippen molar-refractivity contribution in [2.75, 3.05) is 26.8 Å². The lowest BCUT2D eigenvalue weighted by Gasteiger charge is -2.30. The number of carbonyl (C=O) groups is 3. The summed E-state index contributed by atoms with van der Waals surface area (Å²) in [5, 5.41) is 2.73. The molecule has 3 N–H and O–H groups in total. The summed E-state index contributed by atoms with van der Waals surface area (Å²) in [4.78, 5) is 60.3. The first-order valence-electron chi connectivity index (χ1n) is 20.1. The fourth-order valence-corrected chi connectivity index (χ4v) is 8.76. The minimum Gasteiger partial charge on any atom is -0.453 e. The molecule has 4 fully saturated rings. The highest BCUT2D eigenvalue weighted by atomic mass is 16.5. The maximum Gasteiger partial charge on any atom is 0.407 e. The molecule has 12 nitrogen and oxygen atoms in total. The number of alkyl carbamates (subject to hydrolysis) is 1. The van der Waals surface area contributed by atoms with Crippen LogP contribution in [0.2, 0.25) is 0 Å². The van der Waals surface area contributed by atoms with Crippen LogP contribution >= 0.6 is 0 Å². The Hall–Kier alpha value is -5.15. The molecule has 56 heavy (non-hydrogen) atoms. The van der Waals surface area contributed by atoms with Gasteiger partial charge in [0.1, 0.15) is 17.7 Å². The Bertz CT molecular complexity index is 2180. The minimum atomic E-state index is -0.739. The zero-order chi connectivity index (χ0) is 39.4. The highest BCUT2D eigenvalue weighted by molar-refractivity contribution is 5.86. The predicted molar refractivity (Wildman–Crippen MR) is 212 cm³/mol. The number of rotatable bonds is 8. The molecular formula is C44H53N7O5. The van der Waals surface area contributed by atoms with Crippen LogP contribution in [-0.2, 0) is 19.1 Å². The van der Waals surface area contributed by atoms with Crippen LogP contribution in [0.3, 0.4) is 0 Å². The van der Waals surface area contributed by atoms with Crippen molar-refractivity contribution in [1.82, 2.24) is 35.1 Å². The maximum atomic E-state index is 14.0. The van der Waals surface area contributed by atoms with Gasteiger partial charge in [-0.15, -0.1) is 0 Å². The first kappa shape index (κ1) is 37.8. The van der Waals surface area contributed by atoms with Crippen molar-refractivity contribution < 1.29 is 23.9 Å². The first-order valence-corrected chi connectivity index (χ1v) is 20.1. The van der Waals surface area contributed by atoms with Gasteiger partial charge in [0.05, 0.1) is 54.3 Å². The number of nitrogens with zero attached hydrogens (tertiary/aromatic N) is 4. The van der Waals surface area contributed by atoms with E-state index >= 15 is 0 Å². The van der Waals surface area contributed by atoms with Crippen LogP contribution in [0, 0.1) is 35.0 Å². The summed E-state index contributed by atoms with van der Waals surface area (Å²) in [5.41, 5.74) is 5.17. The van der Waals surface area contributed by atoms with Crippen molar-refractivity contribution in [2.24, 2.45) is 23.2 Å². The number of hydrogen-bond acceptors (Lipinski definition) is 7. The molecule has 12 heteroatoms. The molecule has 2 aromatic heterocycles. The van der Waals surface area contributed by atoms with E-state index in [4.69, 9.17) is 19.4 Å². The monoisotopic (exact) mass is 759 g/mol. The second-order valence-corrected chi connectivity index (χ2v) is 17.3. The smallest absolute Gasteiger partial charge is 0.407 e. The highest BCUT2D eigenvalue weighted by Gasteiger charge is 2.55. The number of nitrogens with one attached hydrogen (secondary N) is 3. The molecule has 2 aromatic carbocycles. The Labute approximate surface area is 328 Å². The van der Waals surface area contributed by atoms with Crippen LogP contribution in [0.1, 0.15) is 108 Å². The van der Waals surface area contributed by atoms with Gasteiger partial charge in [0.2, 0.25) is 11.8 Å². The molecule has 294 valence electrons. The summed E-state index contributed by atoms with van der Waals surface area (Å²) in [6, 6.07) is 13.0. The van der Waals surface area contributed by atoms with Crippen LogP contribution in [0.25, 0.3) is 22.3 Å². The van der Waals surface area contributed by atoms with Gasteiger partial charge in [-0.1, -0.05) is 58.6 Å². The number of benzene rings is 2. The number of amides is 3. The average molecular weight is 760 g/mol. The molecule has 1 saturated carbocycles. The van der Waals surface area contributed by atoms with Gasteiger partial charge < -0.3 is 34.6 Å². The molecular weight excluding hydrogens is 707 g/mol. The van der Waals surface area contributed by atoms with Crippen molar-refractivity contribution in [3.05, 3.63) is 71.4 Å². The molecule has 4 aliphatic rings. The van der Waals surface area contributed by atoms with Crippen molar-refractivity contribution >= 4 is 28.9 Å². The van der Waals surface area contributed by atoms with Gasteiger partial charge in [0, 0.05) is 36.6 Å². The Morgan fingerprint density at radius 1 is 0.875 bits per heavy atom. The summed E-state index contributed by atoms with van der Waals surface area (Å²) in [5.74, 6) is 8.35. The van der Waals surface area contributed by atoms with Gasteiger partial charge in [-0.25, -0.2) is 14.8 Å². The number of methoxy groups -OCH3 is 1. The summed E-state index contributed by atoms with van der Waals surface area (Å²) >= 11 is 0. The van der Waals surface area contributed by atoms with Crippen LogP contribution in [0.15, 0.2) is 48.7 Å². The van der Waals surface area contributed by atoms with Crippen LogP contribution in [0.5, 0.6) is 0 Å². The Balaban J connectivity index is 0.971. The number of aromatic nitrogens is 4. The molecule has 3 amide bonds. The number of hydrogen-bond donors (Lipinski definition) is 3. The summed E-state index contributed by atoms with van der Waals surface area (Å²) in [7, 11) is 1.30. The molecule has 2 spiro atoms. The normalized spacial score (nSPS) is 23.6. The topological polar surface area (TPSA) is 146 Å². The zero-order valence-electron chi connectivity index (χ0n) is 33.3. The van der Waals surface area contributed by atoms with Crippen molar-refractivity contribution in [1.29, 1.82) is 0 Å². The summed E-state index contributed by atoms with van der Waals surface area (Å²) in [6.45, 7) is 12.0. The van der Waals surface area contributed by atoms with Gasteiger partial charge in [-0.3, -0.25) is 9.59 Å². The molecule has 4 aromatic rings. The largest absolute Gasteiger partial charge is 0.453 e. The second kappa shape index (κ2) is 14.7. The lowest BCUT2D eigenvalue weighted by atomic mass is 9.96. The van der Waals surface area contributed by atoms with E-state index < -0.39 is 17.7 Å². The van der Waals surface area contributed by atoms with E-state index in [-0.39, 0.29) is 41.1 Å².